The SMILES string of the molecule is O=[N+]([O-])c1cccc2nc3n(c12)CCC3. The standard InChI is InChI=1S/C10H9N3O2/c14-13(15)8-4-1-3-7-10(8)12-6-2-5-9(12)11-7/h1,3-4H,2,5-6H2. The number of rotatable bonds is 1. The summed E-state index contributed by atoms with van der Waals surface area (Å²) in [5, 5.41) is 10.9. The zero-order valence-electron chi connectivity index (χ0n) is 8.01. The highest BCUT2D eigenvalue weighted by atomic mass is 16.6. The predicted molar refractivity (Wildman–Crippen MR) is 54.7 cm³/mol. The Morgan fingerprint density at radius 1 is 1.47 bits per heavy atom. The predicted octanol–water partition coefficient (Wildman–Crippen LogP) is 1.89. The Morgan fingerprint density at radius 3 is 3.13 bits per heavy atom. The lowest BCUT2D eigenvalue weighted by Gasteiger charge is -1.98. The summed E-state index contributed by atoms with van der Waals surface area (Å²) in [7, 11) is 0. The van der Waals surface area contributed by atoms with Crippen molar-refractivity contribution in [1.82, 2.24) is 9.55 Å². The highest BCUT2D eigenvalue weighted by molar-refractivity contribution is 5.85. The number of nitrogens with zero attached hydrogens (tertiary/aromatic N) is 3. The average Bonchev–Trinajstić information content (AvgIpc) is 2.75. The van der Waals surface area contributed by atoms with Gasteiger partial charge in [0, 0.05) is 19.0 Å². The minimum Gasteiger partial charge on any atom is -0.322 e. The Balaban J connectivity index is 2.41. The van der Waals surface area contributed by atoms with E-state index in [1.807, 2.05) is 10.6 Å². The van der Waals surface area contributed by atoms with Crippen molar-refractivity contribution < 1.29 is 4.92 Å². The van der Waals surface area contributed by atoms with E-state index in [9.17, 15) is 10.1 Å². The fourth-order valence-electron chi connectivity index (χ4n) is 2.19. The Kier molecular flexibility index (Phi) is 1.56. The van der Waals surface area contributed by atoms with E-state index >= 15 is 0 Å². The lowest BCUT2D eigenvalue weighted by Crippen LogP contribution is -1.96. The molecule has 1 aliphatic heterocycles. The molecule has 0 bridgehead atoms. The van der Waals surface area contributed by atoms with Crippen LogP contribution in [0.4, 0.5) is 5.69 Å². The molecule has 0 spiro atoms. The summed E-state index contributed by atoms with van der Waals surface area (Å²) < 4.78 is 1.97. The highest BCUT2D eigenvalue weighted by Crippen LogP contribution is 2.29. The normalized spacial score (nSPS) is 14.4. The highest BCUT2D eigenvalue weighted by Gasteiger charge is 2.22. The third-order valence-corrected chi connectivity index (χ3v) is 2.80. The molecule has 0 unspecified atom stereocenters. The van der Waals surface area contributed by atoms with Crippen molar-refractivity contribution in [2.45, 2.75) is 19.4 Å². The lowest BCUT2D eigenvalue weighted by atomic mass is 10.2. The van der Waals surface area contributed by atoms with Crippen LogP contribution in [0.25, 0.3) is 11.0 Å². The average molecular weight is 203 g/mol. The van der Waals surface area contributed by atoms with Crippen LogP contribution in [-0.4, -0.2) is 14.5 Å². The van der Waals surface area contributed by atoms with E-state index in [0.29, 0.717) is 5.52 Å². The van der Waals surface area contributed by atoms with Gasteiger partial charge in [-0.3, -0.25) is 10.1 Å². The summed E-state index contributed by atoms with van der Waals surface area (Å²) in [5.74, 6) is 0.972. The monoisotopic (exact) mass is 203 g/mol. The number of aryl methyl sites for hydroxylation is 2. The van der Waals surface area contributed by atoms with Crippen LogP contribution < -0.4 is 0 Å². The second kappa shape index (κ2) is 2.79. The van der Waals surface area contributed by atoms with Gasteiger partial charge < -0.3 is 4.57 Å². The van der Waals surface area contributed by atoms with Crippen LogP contribution in [0, 0.1) is 10.1 Å². The van der Waals surface area contributed by atoms with Gasteiger partial charge in [-0.15, -0.1) is 0 Å². The number of aromatic nitrogens is 2. The fraction of sp³-hybridized carbons (Fsp3) is 0.300. The summed E-state index contributed by atoms with van der Waals surface area (Å²) in [6.45, 7) is 0.844. The van der Waals surface area contributed by atoms with Crippen molar-refractivity contribution in [1.29, 1.82) is 0 Å². The van der Waals surface area contributed by atoms with Crippen molar-refractivity contribution in [3.63, 3.8) is 0 Å². The Bertz CT molecular complexity index is 559. The van der Waals surface area contributed by atoms with Gasteiger partial charge >= 0.3 is 0 Å². The Labute approximate surface area is 85.5 Å². The first-order valence-electron chi connectivity index (χ1n) is 4.90. The molecule has 5 heteroatoms. The molecule has 1 aromatic carbocycles. The maximum atomic E-state index is 10.9. The molecule has 76 valence electrons. The lowest BCUT2D eigenvalue weighted by molar-refractivity contribution is -0.383. The first-order valence-corrected chi connectivity index (χ1v) is 4.90. The van der Waals surface area contributed by atoms with Gasteiger partial charge in [-0.1, -0.05) is 6.07 Å². The summed E-state index contributed by atoms with van der Waals surface area (Å²) in [6, 6.07) is 5.05. The summed E-state index contributed by atoms with van der Waals surface area (Å²) in [6.07, 6.45) is 1.95. The van der Waals surface area contributed by atoms with Crippen molar-refractivity contribution in [2.24, 2.45) is 0 Å². The first kappa shape index (κ1) is 8.40. The van der Waals surface area contributed by atoms with E-state index in [1.165, 1.54) is 6.07 Å². The fourth-order valence-corrected chi connectivity index (χ4v) is 2.19. The van der Waals surface area contributed by atoms with Crippen molar-refractivity contribution in [3.05, 3.63) is 34.1 Å². The van der Waals surface area contributed by atoms with E-state index in [2.05, 4.69) is 4.98 Å². The molecule has 0 aliphatic carbocycles. The number of non-ortho nitro benzene ring substituents is 1. The number of nitro benzene ring substituents is 1. The number of para-hydroxylation sites is 1. The van der Waals surface area contributed by atoms with Gasteiger partial charge in [-0.25, -0.2) is 4.98 Å². The van der Waals surface area contributed by atoms with Gasteiger partial charge in [0.1, 0.15) is 11.3 Å². The number of benzene rings is 1. The molecular formula is C10H9N3O2. The van der Waals surface area contributed by atoms with E-state index in [1.54, 1.807) is 6.07 Å². The molecule has 0 saturated carbocycles. The molecule has 0 atom stereocenters. The number of hydrogen-bond acceptors (Lipinski definition) is 3. The van der Waals surface area contributed by atoms with Gasteiger partial charge in [0.25, 0.3) is 5.69 Å². The van der Waals surface area contributed by atoms with Crippen LogP contribution in [0.5, 0.6) is 0 Å². The number of imidazole rings is 1. The molecule has 1 aliphatic rings. The molecular weight excluding hydrogens is 194 g/mol. The Hall–Kier alpha value is -1.91. The van der Waals surface area contributed by atoms with Crippen LogP contribution >= 0.6 is 0 Å². The van der Waals surface area contributed by atoms with Gasteiger partial charge in [-0.2, -0.15) is 0 Å². The minimum absolute atomic E-state index is 0.160. The van der Waals surface area contributed by atoms with Crippen LogP contribution in [0.2, 0.25) is 0 Å². The van der Waals surface area contributed by atoms with Crippen molar-refractivity contribution in [3.8, 4) is 0 Å². The Morgan fingerprint density at radius 2 is 2.33 bits per heavy atom. The van der Waals surface area contributed by atoms with E-state index in [4.69, 9.17) is 0 Å². The maximum absolute atomic E-state index is 10.9. The maximum Gasteiger partial charge on any atom is 0.295 e. The molecule has 1 aromatic heterocycles. The summed E-state index contributed by atoms with van der Waals surface area (Å²) in [5.41, 5.74) is 1.57. The summed E-state index contributed by atoms with van der Waals surface area (Å²) >= 11 is 0. The zero-order valence-corrected chi connectivity index (χ0v) is 8.01. The largest absolute Gasteiger partial charge is 0.322 e. The molecule has 2 aromatic rings. The molecule has 0 amide bonds. The van der Waals surface area contributed by atoms with Crippen LogP contribution in [0.3, 0.4) is 0 Å². The molecule has 15 heavy (non-hydrogen) atoms. The topological polar surface area (TPSA) is 61.0 Å². The van der Waals surface area contributed by atoms with E-state index in [-0.39, 0.29) is 10.6 Å². The van der Waals surface area contributed by atoms with Crippen LogP contribution in [-0.2, 0) is 13.0 Å². The smallest absolute Gasteiger partial charge is 0.295 e. The number of hydrogen-bond donors (Lipinski definition) is 0. The van der Waals surface area contributed by atoms with Gasteiger partial charge in [0.2, 0.25) is 0 Å². The molecule has 2 heterocycles. The molecule has 3 rings (SSSR count). The summed E-state index contributed by atoms with van der Waals surface area (Å²) in [4.78, 5) is 14.9. The van der Waals surface area contributed by atoms with Crippen molar-refractivity contribution in [2.75, 3.05) is 0 Å². The third kappa shape index (κ3) is 1.06. The second-order valence-corrected chi connectivity index (χ2v) is 3.69. The van der Waals surface area contributed by atoms with Gasteiger partial charge in [0.05, 0.1) is 10.4 Å². The molecule has 0 radical (unpaired) electrons. The van der Waals surface area contributed by atoms with Gasteiger partial charge in [0.15, 0.2) is 0 Å². The van der Waals surface area contributed by atoms with Crippen molar-refractivity contribution >= 4 is 16.7 Å². The second-order valence-electron chi connectivity index (χ2n) is 3.69. The molecule has 0 N–H and O–H groups in total. The van der Waals surface area contributed by atoms with Gasteiger partial charge in [-0.05, 0) is 12.5 Å². The first-order chi connectivity index (χ1) is 7.27. The van der Waals surface area contributed by atoms with Crippen LogP contribution in [0.1, 0.15) is 12.2 Å². The molecule has 0 saturated heterocycles. The number of fused-ring (bicyclic) bond motifs is 3. The third-order valence-electron chi connectivity index (χ3n) is 2.80. The van der Waals surface area contributed by atoms with Crippen LogP contribution in [0.15, 0.2) is 18.2 Å². The van der Waals surface area contributed by atoms with E-state index < -0.39 is 0 Å². The quantitative estimate of drug-likeness (QED) is 0.525. The zero-order chi connectivity index (χ0) is 10.4. The number of nitro groups is 1. The van der Waals surface area contributed by atoms with E-state index in [0.717, 1.165) is 30.7 Å². The minimum atomic E-state index is -0.338. The molecule has 0 fully saturated rings. The molecule has 5 nitrogen and oxygen atoms in total.